The van der Waals surface area contributed by atoms with E-state index in [-0.39, 0.29) is 0 Å². The predicted octanol–water partition coefficient (Wildman–Crippen LogP) is 1.67. The summed E-state index contributed by atoms with van der Waals surface area (Å²) >= 11 is 0. The molecule has 3 rings (SSSR count). The normalized spacial score (nSPS) is 11.6. The maximum absolute atomic E-state index is 7.51. The van der Waals surface area contributed by atoms with Gasteiger partial charge < -0.3 is 30.9 Å². The summed E-state index contributed by atoms with van der Waals surface area (Å²) in [5, 5.41) is 13.6. The van der Waals surface area contributed by atoms with E-state index < -0.39 is 0 Å². The monoisotopic (exact) mass is 366 g/mol. The molecule has 0 saturated heterocycles. The average Bonchev–Trinajstić information content (AvgIpc) is 3.08. The minimum Gasteiger partial charge on any atom is -0.393 e. The molecule has 0 bridgehead atoms. The quantitative estimate of drug-likeness (QED) is 0.447. The van der Waals surface area contributed by atoms with Crippen LogP contribution in [0.5, 0.6) is 0 Å². The molecule has 0 atom stereocenters. The molecular weight excluding hydrogens is 344 g/mol. The summed E-state index contributed by atoms with van der Waals surface area (Å²) < 4.78 is 7.20. The van der Waals surface area contributed by atoms with Gasteiger partial charge in [-0.15, -0.1) is 0 Å². The lowest BCUT2D eigenvalue weighted by Gasteiger charge is -2.11. The number of nitrogen functional groups attached to an aromatic ring is 1. The van der Waals surface area contributed by atoms with Gasteiger partial charge in [-0.1, -0.05) is 6.07 Å². The number of methoxy groups -OCH3 is 1. The average molecular weight is 366 g/mol. The lowest BCUT2D eigenvalue weighted by atomic mass is 10.2. The molecule has 0 radical (unpaired) electrons. The van der Waals surface area contributed by atoms with Gasteiger partial charge in [0.15, 0.2) is 11.6 Å². The minimum atomic E-state index is 0.302. The predicted molar refractivity (Wildman–Crippen MR) is 105 cm³/mol. The van der Waals surface area contributed by atoms with Gasteiger partial charge in [0.05, 0.1) is 30.4 Å². The Kier molecular flexibility index (Phi) is 5.62. The van der Waals surface area contributed by atoms with Crippen molar-refractivity contribution in [1.29, 1.82) is 5.41 Å². The fourth-order valence-corrected chi connectivity index (χ4v) is 2.63. The number of imidazole rings is 1. The Hall–Kier alpha value is -3.46. The van der Waals surface area contributed by atoms with Crippen LogP contribution >= 0.6 is 0 Å². The molecule has 3 aromatic rings. The number of aromatic nitrogens is 4. The van der Waals surface area contributed by atoms with Crippen molar-refractivity contribution in [3.8, 4) is 0 Å². The standard InChI is InChI=1S/C18H22N8O/c1-21-7-13(5-19)15-9-23-17(20)18(25-15)24-6-12-3-4-16-22-8-14(11-27-2)26(16)10-12/h3-5,7-10,19,21H,6,11H2,1-2H3,(H2,20,23)(H,24,25)/b13-7+,19-5?. The smallest absolute Gasteiger partial charge is 0.169 e. The zero-order valence-corrected chi connectivity index (χ0v) is 15.2. The Balaban J connectivity index is 1.82. The second-order valence-electron chi connectivity index (χ2n) is 5.82. The van der Waals surface area contributed by atoms with E-state index in [9.17, 15) is 0 Å². The van der Waals surface area contributed by atoms with Crippen molar-refractivity contribution in [1.82, 2.24) is 24.7 Å². The molecule has 27 heavy (non-hydrogen) atoms. The Morgan fingerprint density at radius 2 is 2.19 bits per heavy atom. The van der Waals surface area contributed by atoms with Crippen molar-refractivity contribution >= 4 is 29.1 Å². The molecular formula is C18H22N8O. The number of hydrogen-bond acceptors (Lipinski definition) is 8. The Morgan fingerprint density at radius 3 is 2.93 bits per heavy atom. The first kappa shape index (κ1) is 18.3. The third-order valence-corrected chi connectivity index (χ3v) is 3.95. The van der Waals surface area contributed by atoms with Crippen LogP contribution in [-0.4, -0.2) is 39.7 Å². The number of nitrogens with one attached hydrogen (secondary N) is 3. The molecule has 0 aromatic carbocycles. The van der Waals surface area contributed by atoms with Crippen LogP contribution < -0.4 is 16.4 Å². The van der Waals surface area contributed by atoms with Gasteiger partial charge in [0.2, 0.25) is 0 Å². The maximum Gasteiger partial charge on any atom is 0.169 e. The van der Waals surface area contributed by atoms with Crippen molar-refractivity contribution in [2.45, 2.75) is 13.2 Å². The van der Waals surface area contributed by atoms with Crippen LogP contribution in [0.25, 0.3) is 11.2 Å². The first-order chi connectivity index (χ1) is 13.2. The molecule has 5 N–H and O–H groups in total. The highest BCUT2D eigenvalue weighted by molar-refractivity contribution is 6.07. The highest BCUT2D eigenvalue weighted by Gasteiger charge is 2.09. The number of fused-ring (bicyclic) bond motifs is 1. The lowest BCUT2D eigenvalue weighted by Crippen LogP contribution is -2.09. The zero-order valence-electron chi connectivity index (χ0n) is 15.2. The van der Waals surface area contributed by atoms with Crippen LogP contribution in [0.1, 0.15) is 17.0 Å². The van der Waals surface area contributed by atoms with Gasteiger partial charge in [-0.05, 0) is 11.6 Å². The Bertz CT molecular complexity index is 979. The molecule has 0 unspecified atom stereocenters. The summed E-state index contributed by atoms with van der Waals surface area (Å²) in [5.74, 6) is 0.774. The van der Waals surface area contributed by atoms with Crippen molar-refractivity contribution in [3.05, 3.63) is 53.9 Å². The first-order valence-electron chi connectivity index (χ1n) is 8.34. The first-order valence-corrected chi connectivity index (χ1v) is 8.34. The third kappa shape index (κ3) is 4.04. The van der Waals surface area contributed by atoms with Crippen LogP contribution in [0.3, 0.4) is 0 Å². The SMILES string of the molecule is CN/C=C(\C=N)c1cnc(N)c(NCc2ccc3ncc(COC)n3c2)n1. The summed E-state index contributed by atoms with van der Waals surface area (Å²) in [5.41, 5.74) is 9.98. The molecule has 0 aliphatic heterocycles. The number of nitrogens with two attached hydrogens (primary N) is 1. The number of pyridine rings is 1. The zero-order chi connectivity index (χ0) is 19.2. The van der Waals surface area contributed by atoms with Gasteiger partial charge in [0, 0.05) is 44.9 Å². The summed E-state index contributed by atoms with van der Waals surface area (Å²) in [7, 11) is 3.42. The van der Waals surface area contributed by atoms with Crippen molar-refractivity contribution in [3.63, 3.8) is 0 Å². The van der Waals surface area contributed by atoms with E-state index >= 15 is 0 Å². The van der Waals surface area contributed by atoms with Crippen LogP contribution in [0, 0.1) is 5.41 Å². The highest BCUT2D eigenvalue weighted by Crippen LogP contribution is 2.18. The number of rotatable bonds is 8. The van der Waals surface area contributed by atoms with E-state index in [0.717, 1.165) is 16.9 Å². The number of anilines is 2. The van der Waals surface area contributed by atoms with Crippen LogP contribution in [-0.2, 0) is 17.9 Å². The number of allylic oxidation sites excluding steroid dienone is 1. The van der Waals surface area contributed by atoms with E-state index in [1.54, 1.807) is 32.8 Å². The molecule has 3 aromatic heterocycles. The number of nitrogens with zero attached hydrogens (tertiary/aromatic N) is 4. The minimum absolute atomic E-state index is 0.302. The van der Waals surface area contributed by atoms with Crippen LogP contribution in [0.2, 0.25) is 0 Å². The van der Waals surface area contributed by atoms with Gasteiger partial charge in [0.1, 0.15) is 5.65 Å². The molecule has 140 valence electrons. The molecule has 3 heterocycles. The molecule has 0 aliphatic rings. The maximum atomic E-state index is 7.51. The van der Waals surface area contributed by atoms with E-state index in [2.05, 4.69) is 25.6 Å². The van der Waals surface area contributed by atoms with E-state index in [1.807, 2.05) is 22.7 Å². The molecule has 0 fully saturated rings. The largest absolute Gasteiger partial charge is 0.393 e. The van der Waals surface area contributed by atoms with Gasteiger partial charge in [-0.25, -0.2) is 15.0 Å². The van der Waals surface area contributed by atoms with Crippen molar-refractivity contribution in [2.24, 2.45) is 0 Å². The van der Waals surface area contributed by atoms with Crippen LogP contribution in [0.4, 0.5) is 11.6 Å². The Labute approximate surface area is 156 Å². The fourth-order valence-electron chi connectivity index (χ4n) is 2.63. The summed E-state index contributed by atoms with van der Waals surface area (Å²) in [6, 6.07) is 3.94. The molecule has 0 aliphatic carbocycles. The van der Waals surface area contributed by atoms with Gasteiger partial charge in [0.25, 0.3) is 0 Å². The molecule has 9 nitrogen and oxygen atoms in total. The van der Waals surface area contributed by atoms with Gasteiger partial charge in [-0.2, -0.15) is 0 Å². The van der Waals surface area contributed by atoms with E-state index in [4.69, 9.17) is 15.9 Å². The summed E-state index contributed by atoms with van der Waals surface area (Å²) in [6.07, 6.45) is 8.24. The topological polar surface area (TPSA) is 126 Å². The lowest BCUT2D eigenvalue weighted by molar-refractivity contribution is 0.181. The summed E-state index contributed by atoms with van der Waals surface area (Å²) in [4.78, 5) is 13.0. The van der Waals surface area contributed by atoms with Gasteiger partial charge >= 0.3 is 0 Å². The van der Waals surface area contributed by atoms with Crippen LogP contribution in [0.15, 0.2) is 36.9 Å². The third-order valence-electron chi connectivity index (χ3n) is 3.95. The fraction of sp³-hybridized carbons (Fsp3) is 0.222. The van der Waals surface area contributed by atoms with Crippen molar-refractivity contribution in [2.75, 3.05) is 25.2 Å². The molecule has 0 saturated carbocycles. The van der Waals surface area contributed by atoms with Crippen molar-refractivity contribution < 1.29 is 4.74 Å². The Morgan fingerprint density at radius 1 is 1.33 bits per heavy atom. The molecule has 9 heteroatoms. The number of hydrogen-bond donors (Lipinski definition) is 4. The highest BCUT2D eigenvalue weighted by atomic mass is 16.5. The summed E-state index contributed by atoms with van der Waals surface area (Å²) in [6.45, 7) is 1.00. The van der Waals surface area contributed by atoms with Gasteiger partial charge in [-0.3, -0.25) is 0 Å². The molecule has 0 amide bonds. The second-order valence-corrected chi connectivity index (χ2v) is 5.82. The number of ether oxygens (including phenoxy) is 1. The van der Waals surface area contributed by atoms with E-state index in [1.165, 1.54) is 6.21 Å². The molecule has 0 spiro atoms. The van der Waals surface area contributed by atoms with E-state index in [0.29, 0.717) is 36.1 Å². The second kappa shape index (κ2) is 8.28.